The molecule has 0 saturated heterocycles. The molecule has 3 rings (SSSR count). The van der Waals surface area contributed by atoms with Crippen molar-refractivity contribution in [2.24, 2.45) is 5.73 Å². The highest BCUT2D eigenvalue weighted by Crippen LogP contribution is 2.20. The molecule has 0 saturated carbocycles. The Bertz CT molecular complexity index is 861. The topological polar surface area (TPSA) is 103 Å². The van der Waals surface area contributed by atoms with E-state index >= 15 is 0 Å². The van der Waals surface area contributed by atoms with Crippen molar-refractivity contribution in [1.82, 2.24) is 20.3 Å². The molecule has 0 aliphatic heterocycles. The highest BCUT2D eigenvalue weighted by molar-refractivity contribution is 5.94. The van der Waals surface area contributed by atoms with Gasteiger partial charge >= 0.3 is 0 Å². The predicted octanol–water partition coefficient (Wildman–Crippen LogP) is 2.47. The summed E-state index contributed by atoms with van der Waals surface area (Å²) >= 11 is 0. The van der Waals surface area contributed by atoms with E-state index < -0.39 is 0 Å². The summed E-state index contributed by atoms with van der Waals surface area (Å²) in [6.07, 6.45) is 4.79. The van der Waals surface area contributed by atoms with E-state index in [1.807, 2.05) is 12.1 Å². The molecule has 0 atom stereocenters. The average molecular weight is 372 g/mol. The van der Waals surface area contributed by atoms with Crippen LogP contribution in [0.15, 0.2) is 61.2 Å². The molecule has 0 unspecified atom stereocenters. The number of carbonyl (C=O) groups is 1. The first-order valence-corrected chi connectivity index (χ1v) is 7.70. The lowest BCUT2D eigenvalue weighted by atomic mass is 10.2. The summed E-state index contributed by atoms with van der Waals surface area (Å²) in [6, 6.07) is 12.3. The summed E-state index contributed by atoms with van der Waals surface area (Å²) in [7, 11) is 0. The number of nitrogens with two attached hydrogens (primary N) is 1. The van der Waals surface area contributed by atoms with Crippen molar-refractivity contribution in [2.75, 3.05) is 0 Å². The zero-order valence-electron chi connectivity index (χ0n) is 13.8. The van der Waals surface area contributed by atoms with E-state index in [4.69, 9.17) is 10.5 Å². The fourth-order valence-electron chi connectivity index (χ4n) is 2.15. The Kier molecular flexibility index (Phi) is 7.02. The molecular formula is C18H18ClN5O2. The molecule has 1 aromatic carbocycles. The SMILES string of the molecule is Cl.NCc1cc(Oc2cccc(C(=O)NCc3cccnc3)c2)ncn1. The second-order valence-electron chi connectivity index (χ2n) is 5.23. The molecule has 0 aliphatic rings. The molecule has 8 heteroatoms. The van der Waals surface area contributed by atoms with Crippen molar-refractivity contribution in [3.63, 3.8) is 0 Å². The number of carbonyl (C=O) groups excluding carboxylic acids is 1. The van der Waals surface area contributed by atoms with Gasteiger partial charge in [0.15, 0.2) is 0 Å². The molecule has 134 valence electrons. The molecule has 3 aromatic rings. The molecule has 2 heterocycles. The summed E-state index contributed by atoms with van der Waals surface area (Å²) in [5.74, 6) is 0.693. The highest BCUT2D eigenvalue weighted by atomic mass is 35.5. The van der Waals surface area contributed by atoms with Crippen molar-refractivity contribution in [2.45, 2.75) is 13.1 Å². The van der Waals surface area contributed by atoms with Gasteiger partial charge in [0.1, 0.15) is 12.1 Å². The Balaban J connectivity index is 0.00000243. The third kappa shape index (κ3) is 5.23. The maximum absolute atomic E-state index is 12.3. The van der Waals surface area contributed by atoms with Gasteiger partial charge in [0.2, 0.25) is 5.88 Å². The van der Waals surface area contributed by atoms with E-state index in [0.29, 0.717) is 36.0 Å². The lowest BCUT2D eigenvalue weighted by Gasteiger charge is -2.08. The van der Waals surface area contributed by atoms with Gasteiger partial charge in [-0.1, -0.05) is 12.1 Å². The molecular weight excluding hydrogens is 354 g/mol. The molecule has 1 amide bonds. The lowest BCUT2D eigenvalue weighted by Crippen LogP contribution is -2.22. The zero-order chi connectivity index (χ0) is 17.5. The van der Waals surface area contributed by atoms with Gasteiger partial charge in [-0.3, -0.25) is 9.78 Å². The van der Waals surface area contributed by atoms with Gasteiger partial charge < -0.3 is 15.8 Å². The summed E-state index contributed by atoms with van der Waals surface area (Å²) in [5.41, 5.74) is 7.65. The predicted molar refractivity (Wildman–Crippen MR) is 99.1 cm³/mol. The van der Waals surface area contributed by atoms with Crippen molar-refractivity contribution in [3.05, 3.63) is 78.0 Å². The lowest BCUT2D eigenvalue weighted by molar-refractivity contribution is 0.0950. The van der Waals surface area contributed by atoms with Crippen LogP contribution in [-0.2, 0) is 13.1 Å². The van der Waals surface area contributed by atoms with Gasteiger partial charge in [0, 0.05) is 37.1 Å². The van der Waals surface area contributed by atoms with Crippen LogP contribution in [0.2, 0.25) is 0 Å². The fraction of sp³-hybridized carbons (Fsp3) is 0.111. The molecule has 2 aromatic heterocycles. The van der Waals surface area contributed by atoms with Gasteiger partial charge in [-0.15, -0.1) is 12.4 Å². The van der Waals surface area contributed by atoms with E-state index in [2.05, 4.69) is 20.3 Å². The molecule has 0 bridgehead atoms. The Morgan fingerprint density at radius 3 is 2.81 bits per heavy atom. The van der Waals surface area contributed by atoms with Crippen LogP contribution in [0.4, 0.5) is 0 Å². The van der Waals surface area contributed by atoms with Crippen LogP contribution in [0.1, 0.15) is 21.6 Å². The second-order valence-corrected chi connectivity index (χ2v) is 5.23. The molecule has 7 nitrogen and oxygen atoms in total. The third-order valence-corrected chi connectivity index (χ3v) is 3.40. The van der Waals surface area contributed by atoms with Gasteiger partial charge in [0.25, 0.3) is 5.91 Å². The van der Waals surface area contributed by atoms with Crippen molar-refractivity contribution in [3.8, 4) is 11.6 Å². The highest BCUT2D eigenvalue weighted by Gasteiger charge is 2.08. The number of ether oxygens (including phenoxy) is 1. The molecule has 0 radical (unpaired) electrons. The number of benzene rings is 1. The van der Waals surface area contributed by atoms with E-state index in [1.54, 1.807) is 42.7 Å². The minimum atomic E-state index is -0.195. The minimum Gasteiger partial charge on any atom is -0.439 e. The van der Waals surface area contributed by atoms with Gasteiger partial charge in [-0.05, 0) is 29.8 Å². The fourth-order valence-corrected chi connectivity index (χ4v) is 2.15. The number of amides is 1. The number of pyridine rings is 1. The standard InChI is InChI=1S/C18H17N5O2.ClH/c19-9-15-8-17(23-12-22-15)25-16-5-1-4-14(7-16)18(24)21-11-13-3-2-6-20-10-13;/h1-8,10,12H,9,11,19H2,(H,21,24);1H. The normalized spacial score (nSPS) is 9.88. The zero-order valence-corrected chi connectivity index (χ0v) is 14.6. The summed E-state index contributed by atoms with van der Waals surface area (Å²) in [6.45, 7) is 0.708. The quantitative estimate of drug-likeness (QED) is 0.690. The minimum absolute atomic E-state index is 0. The molecule has 0 spiro atoms. The smallest absolute Gasteiger partial charge is 0.251 e. The Morgan fingerprint density at radius 2 is 2.04 bits per heavy atom. The van der Waals surface area contributed by atoms with Crippen LogP contribution in [0, 0.1) is 0 Å². The van der Waals surface area contributed by atoms with Crippen LogP contribution in [0.3, 0.4) is 0 Å². The van der Waals surface area contributed by atoms with Crippen LogP contribution >= 0.6 is 12.4 Å². The monoisotopic (exact) mass is 371 g/mol. The number of aromatic nitrogens is 3. The van der Waals surface area contributed by atoms with Crippen LogP contribution in [0.5, 0.6) is 11.6 Å². The average Bonchev–Trinajstić information content (AvgIpc) is 2.67. The van der Waals surface area contributed by atoms with Gasteiger partial charge in [-0.2, -0.15) is 0 Å². The molecule has 3 N–H and O–H groups in total. The molecule has 0 fully saturated rings. The Morgan fingerprint density at radius 1 is 1.15 bits per heavy atom. The second kappa shape index (κ2) is 9.45. The van der Waals surface area contributed by atoms with E-state index in [9.17, 15) is 4.79 Å². The first-order chi connectivity index (χ1) is 12.2. The maximum atomic E-state index is 12.3. The number of hydrogen-bond donors (Lipinski definition) is 2. The van der Waals surface area contributed by atoms with Crippen molar-refractivity contribution < 1.29 is 9.53 Å². The number of nitrogens with one attached hydrogen (secondary N) is 1. The number of halogens is 1. The number of nitrogens with zero attached hydrogens (tertiary/aromatic N) is 3. The first kappa shape index (κ1) is 19.3. The van der Waals surface area contributed by atoms with Crippen molar-refractivity contribution >= 4 is 18.3 Å². The number of rotatable bonds is 6. The molecule has 26 heavy (non-hydrogen) atoms. The van der Waals surface area contributed by atoms with E-state index in [0.717, 1.165) is 5.56 Å². The van der Waals surface area contributed by atoms with E-state index in [1.165, 1.54) is 6.33 Å². The van der Waals surface area contributed by atoms with Gasteiger partial charge in [-0.25, -0.2) is 9.97 Å². The largest absolute Gasteiger partial charge is 0.439 e. The van der Waals surface area contributed by atoms with Gasteiger partial charge in [0.05, 0.1) is 5.69 Å². The summed E-state index contributed by atoms with van der Waals surface area (Å²) in [4.78, 5) is 24.4. The van der Waals surface area contributed by atoms with Crippen LogP contribution in [0.25, 0.3) is 0 Å². The Hall–Kier alpha value is -3.03. The number of hydrogen-bond acceptors (Lipinski definition) is 6. The molecule has 0 aliphatic carbocycles. The van der Waals surface area contributed by atoms with Crippen LogP contribution < -0.4 is 15.8 Å². The van der Waals surface area contributed by atoms with E-state index in [-0.39, 0.29) is 18.3 Å². The third-order valence-electron chi connectivity index (χ3n) is 3.40. The summed E-state index contributed by atoms with van der Waals surface area (Å²) < 4.78 is 5.68. The van der Waals surface area contributed by atoms with Crippen LogP contribution in [-0.4, -0.2) is 20.9 Å². The summed E-state index contributed by atoms with van der Waals surface area (Å²) in [5, 5.41) is 2.85. The Labute approximate surface area is 157 Å². The first-order valence-electron chi connectivity index (χ1n) is 7.70. The maximum Gasteiger partial charge on any atom is 0.251 e. The van der Waals surface area contributed by atoms with Crippen molar-refractivity contribution in [1.29, 1.82) is 0 Å².